The summed E-state index contributed by atoms with van der Waals surface area (Å²) >= 11 is 12.0. The minimum atomic E-state index is -0.380. The van der Waals surface area contributed by atoms with Crippen molar-refractivity contribution in [3.63, 3.8) is 0 Å². The SMILES string of the molecule is COC(=O)c1ccc(OCc2cc(Cl)ccc2Cl)cc1. The Hall–Kier alpha value is -1.71. The van der Waals surface area contributed by atoms with Crippen molar-refractivity contribution < 1.29 is 14.3 Å². The summed E-state index contributed by atoms with van der Waals surface area (Å²) < 4.78 is 10.2. The Kier molecular flexibility index (Phi) is 4.88. The average Bonchev–Trinajstić information content (AvgIpc) is 2.48. The molecule has 104 valence electrons. The zero-order valence-corrected chi connectivity index (χ0v) is 12.2. The van der Waals surface area contributed by atoms with Crippen LogP contribution in [-0.2, 0) is 11.3 Å². The minimum absolute atomic E-state index is 0.303. The summed E-state index contributed by atoms with van der Waals surface area (Å²) in [4.78, 5) is 11.3. The van der Waals surface area contributed by atoms with Crippen molar-refractivity contribution in [3.8, 4) is 5.75 Å². The Morgan fingerprint density at radius 1 is 1.10 bits per heavy atom. The van der Waals surface area contributed by atoms with Gasteiger partial charge in [0, 0.05) is 15.6 Å². The summed E-state index contributed by atoms with van der Waals surface area (Å²) in [6.45, 7) is 0.303. The Morgan fingerprint density at radius 3 is 2.45 bits per heavy atom. The third kappa shape index (κ3) is 3.65. The van der Waals surface area contributed by atoms with Gasteiger partial charge in [-0.05, 0) is 42.5 Å². The molecule has 0 spiro atoms. The van der Waals surface area contributed by atoms with Gasteiger partial charge in [0.15, 0.2) is 0 Å². The number of methoxy groups -OCH3 is 1. The molecule has 0 radical (unpaired) electrons. The standard InChI is InChI=1S/C15H12Cl2O3/c1-19-15(18)10-2-5-13(6-3-10)20-9-11-8-12(16)4-7-14(11)17/h2-8H,9H2,1H3. The molecule has 2 rings (SSSR count). The lowest BCUT2D eigenvalue weighted by atomic mass is 10.2. The smallest absolute Gasteiger partial charge is 0.337 e. The first kappa shape index (κ1) is 14.7. The Morgan fingerprint density at radius 2 is 1.80 bits per heavy atom. The molecule has 0 fully saturated rings. The molecule has 0 bridgehead atoms. The zero-order chi connectivity index (χ0) is 14.5. The van der Waals surface area contributed by atoms with E-state index in [1.54, 1.807) is 42.5 Å². The molecular formula is C15H12Cl2O3. The highest BCUT2D eigenvalue weighted by Crippen LogP contribution is 2.22. The topological polar surface area (TPSA) is 35.5 Å². The lowest BCUT2D eigenvalue weighted by Crippen LogP contribution is -2.01. The third-order valence-corrected chi connectivity index (χ3v) is 3.28. The van der Waals surface area contributed by atoms with Gasteiger partial charge in [0.1, 0.15) is 12.4 Å². The Balaban J connectivity index is 2.04. The van der Waals surface area contributed by atoms with Crippen molar-refractivity contribution in [2.45, 2.75) is 6.61 Å². The van der Waals surface area contributed by atoms with E-state index < -0.39 is 0 Å². The van der Waals surface area contributed by atoms with Gasteiger partial charge in [0.05, 0.1) is 12.7 Å². The summed E-state index contributed by atoms with van der Waals surface area (Å²) in [5, 5.41) is 1.20. The molecule has 20 heavy (non-hydrogen) atoms. The van der Waals surface area contributed by atoms with E-state index in [0.29, 0.717) is 28.0 Å². The van der Waals surface area contributed by atoms with E-state index in [2.05, 4.69) is 4.74 Å². The van der Waals surface area contributed by atoms with Gasteiger partial charge in [-0.2, -0.15) is 0 Å². The molecular weight excluding hydrogens is 299 g/mol. The number of benzene rings is 2. The van der Waals surface area contributed by atoms with Crippen LogP contribution in [0.15, 0.2) is 42.5 Å². The highest BCUT2D eigenvalue weighted by molar-refractivity contribution is 6.33. The number of rotatable bonds is 4. The normalized spacial score (nSPS) is 10.2. The summed E-state index contributed by atoms with van der Waals surface area (Å²) in [5.41, 5.74) is 1.27. The predicted octanol–water partition coefficient (Wildman–Crippen LogP) is 4.36. The minimum Gasteiger partial charge on any atom is -0.489 e. The molecule has 0 aliphatic rings. The van der Waals surface area contributed by atoms with Crippen LogP contribution in [0.1, 0.15) is 15.9 Å². The van der Waals surface area contributed by atoms with Crippen molar-refractivity contribution in [1.29, 1.82) is 0 Å². The molecule has 0 unspecified atom stereocenters. The molecule has 0 saturated carbocycles. The molecule has 0 amide bonds. The second kappa shape index (κ2) is 6.64. The monoisotopic (exact) mass is 310 g/mol. The number of hydrogen-bond acceptors (Lipinski definition) is 3. The maximum absolute atomic E-state index is 11.3. The van der Waals surface area contributed by atoms with Crippen LogP contribution >= 0.6 is 23.2 Å². The van der Waals surface area contributed by atoms with Crippen LogP contribution in [0, 0.1) is 0 Å². The van der Waals surface area contributed by atoms with Crippen molar-refractivity contribution in [2.24, 2.45) is 0 Å². The van der Waals surface area contributed by atoms with E-state index in [1.807, 2.05) is 0 Å². The molecule has 2 aromatic rings. The number of hydrogen-bond donors (Lipinski definition) is 0. The second-order valence-electron chi connectivity index (χ2n) is 4.04. The van der Waals surface area contributed by atoms with Gasteiger partial charge in [-0.1, -0.05) is 23.2 Å². The first-order chi connectivity index (χ1) is 9.60. The number of carbonyl (C=O) groups is 1. The first-order valence-electron chi connectivity index (χ1n) is 5.85. The van der Waals surface area contributed by atoms with Crippen molar-refractivity contribution in [1.82, 2.24) is 0 Å². The molecule has 3 nitrogen and oxygen atoms in total. The lowest BCUT2D eigenvalue weighted by Gasteiger charge is -2.08. The first-order valence-corrected chi connectivity index (χ1v) is 6.61. The molecule has 0 aromatic heterocycles. The van der Waals surface area contributed by atoms with E-state index in [1.165, 1.54) is 7.11 Å². The number of carbonyl (C=O) groups excluding carboxylic acids is 1. The largest absolute Gasteiger partial charge is 0.489 e. The Bertz CT molecular complexity index is 609. The maximum atomic E-state index is 11.3. The number of halogens is 2. The molecule has 0 heterocycles. The number of ether oxygens (including phenoxy) is 2. The molecule has 0 saturated heterocycles. The fraction of sp³-hybridized carbons (Fsp3) is 0.133. The van der Waals surface area contributed by atoms with Gasteiger partial charge in [0.25, 0.3) is 0 Å². The van der Waals surface area contributed by atoms with Crippen molar-refractivity contribution in [2.75, 3.05) is 7.11 Å². The van der Waals surface area contributed by atoms with Crippen molar-refractivity contribution >= 4 is 29.2 Å². The molecule has 0 N–H and O–H groups in total. The predicted molar refractivity (Wildman–Crippen MR) is 78.6 cm³/mol. The molecule has 5 heteroatoms. The second-order valence-corrected chi connectivity index (χ2v) is 4.88. The van der Waals surface area contributed by atoms with E-state index in [9.17, 15) is 4.79 Å². The Labute approximate surface area is 127 Å². The van der Waals surface area contributed by atoms with Gasteiger partial charge in [-0.25, -0.2) is 4.79 Å². The van der Waals surface area contributed by atoms with Crippen LogP contribution in [0.2, 0.25) is 10.0 Å². The number of esters is 1. The van der Waals surface area contributed by atoms with Crippen LogP contribution in [-0.4, -0.2) is 13.1 Å². The maximum Gasteiger partial charge on any atom is 0.337 e. The lowest BCUT2D eigenvalue weighted by molar-refractivity contribution is 0.0600. The fourth-order valence-corrected chi connectivity index (χ4v) is 1.99. The molecule has 0 aliphatic carbocycles. The van der Waals surface area contributed by atoms with Gasteiger partial charge in [-0.3, -0.25) is 0 Å². The van der Waals surface area contributed by atoms with Gasteiger partial charge in [0.2, 0.25) is 0 Å². The van der Waals surface area contributed by atoms with Crippen molar-refractivity contribution in [3.05, 3.63) is 63.6 Å². The fourth-order valence-electron chi connectivity index (χ4n) is 1.62. The van der Waals surface area contributed by atoms with Gasteiger partial charge in [-0.15, -0.1) is 0 Å². The molecule has 0 aliphatic heterocycles. The van der Waals surface area contributed by atoms with Crippen LogP contribution in [0.4, 0.5) is 0 Å². The average molecular weight is 311 g/mol. The summed E-state index contributed by atoms with van der Waals surface area (Å²) in [6, 6.07) is 11.9. The van der Waals surface area contributed by atoms with Crippen LogP contribution in [0.25, 0.3) is 0 Å². The van der Waals surface area contributed by atoms with E-state index >= 15 is 0 Å². The van der Waals surface area contributed by atoms with E-state index in [0.717, 1.165) is 5.56 Å². The highest BCUT2D eigenvalue weighted by atomic mass is 35.5. The molecule has 0 atom stereocenters. The highest BCUT2D eigenvalue weighted by Gasteiger charge is 2.06. The zero-order valence-electron chi connectivity index (χ0n) is 10.7. The van der Waals surface area contributed by atoms with Gasteiger partial charge < -0.3 is 9.47 Å². The molecule has 2 aromatic carbocycles. The van der Waals surface area contributed by atoms with Gasteiger partial charge >= 0.3 is 5.97 Å². The summed E-state index contributed by atoms with van der Waals surface area (Å²) in [7, 11) is 1.34. The van der Waals surface area contributed by atoms with Crippen LogP contribution in [0.3, 0.4) is 0 Å². The van der Waals surface area contributed by atoms with E-state index in [4.69, 9.17) is 27.9 Å². The van der Waals surface area contributed by atoms with Crippen LogP contribution < -0.4 is 4.74 Å². The third-order valence-electron chi connectivity index (χ3n) is 2.68. The van der Waals surface area contributed by atoms with E-state index in [-0.39, 0.29) is 5.97 Å². The van der Waals surface area contributed by atoms with Crippen LogP contribution in [0.5, 0.6) is 5.75 Å². The quantitative estimate of drug-likeness (QED) is 0.787. The summed E-state index contributed by atoms with van der Waals surface area (Å²) in [5.74, 6) is 0.253. The summed E-state index contributed by atoms with van der Waals surface area (Å²) in [6.07, 6.45) is 0.